The summed E-state index contributed by atoms with van der Waals surface area (Å²) in [6.07, 6.45) is 3.89. The van der Waals surface area contributed by atoms with Gasteiger partial charge in [-0.3, -0.25) is 4.90 Å². The van der Waals surface area contributed by atoms with Crippen molar-refractivity contribution < 1.29 is 4.74 Å². The number of morpholine rings is 1. The standard InChI is InChI=1S/C14H29N3O/c1-2-5-15-14-3-6-16(7-4-14)8-9-17-10-12-18-13-11-17/h14-15H,2-13H2,1H3. The van der Waals surface area contributed by atoms with Crippen LogP contribution in [0.5, 0.6) is 0 Å². The number of piperidine rings is 1. The topological polar surface area (TPSA) is 27.7 Å². The van der Waals surface area contributed by atoms with Crippen molar-refractivity contribution in [1.29, 1.82) is 0 Å². The predicted octanol–water partition coefficient (Wildman–Crippen LogP) is 0.783. The van der Waals surface area contributed by atoms with Gasteiger partial charge in [-0.15, -0.1) is 0 Å². The minimum absolute atomic E-state index is 0.768. The van der Waals surface area contributed by atoms with Crippen LogP contribution in [0.3, 0.4) is 0 Å². The fourth-order valence-corrected chi connectivity index (χ4v) is 2.82. The van der Waals surface area contributed by atoms with E-state index in [9.17, 15) is 0 Å². The molecule has 0 amide bonds. The van der Waals surface area contributed by atoms with E-state index in [2.05, 4.69) is 22.0 Å². The van der Waals surface area contributed by atoms with Crippen LogP contribution >= 0.6 is 0 Å². The Labute approximate surface area is 112 Å². The summed E-state index contributed by atoms with van der Waals surface area (Å²) in [5.74, 6) is 0. The van der Waals surface area contributed by atoms with Crippen LogP contribution in [0.2, 0.25) is 0 Å². The van der Waals surface area contributed by atoms with Crippen molar-refractivity contribution in [3.05, 3.63) is 0 Å². The van der Waals surface area contributed by atoms with Crippen LogP contribution in [0.15, 0.2) is 0 Å². The maximum Gasteiger partial charge on any atom is 0.0594 e. The minimum atomic E-state index is 0.768. The fourth-order valence-electron chi connectivity index (χ4n) is 2.82. The molecular weight excluding hydrogens is 226 g/mol. The quantitative estimate of drug-likeness (QED) is 0.759. The Kier molecular flexibility index (Phi) is 6.41. The van der Waals surface area contributed by atoms with Crippen molar-refractivity contribution in [2.24, 2.45) is 0 Å². The van der Waals surface area contributed by atoms with Crippen LogP contribution in [-0.4, -0.2) is 74.9 Å². The van der Waals surface area contributed by atoms with Crippen molar-refractivity contribution in [1.82, 2.24) is 15.1 Å². The largest absolute Gasteiger partial charge is 0.379 e. The number of hydrogen-bond donors (Lipinski definition) is 1. The SMILES string of the molecule is CCCNC1CCN(CCN2CCOCC2)CC1. The molecule has 4 heteroatoms. The van der Waals surface area contributed by atoms with Gasteiger partial charge in [-0.05, 0) is 38.9 Å². The summed E-state index contributed by atoms with van der Waals surface area (Å²) in [7, 11) is 0. The van der Waals surface area contributed by atoms with Crippen LogP contribution in [0, 0.1) is 0 Å². The van der Waals surface area contributed by atoms with E-state index in [1.54, 1.807) is 0 Å². The Bertz CT molecular complexity index is 211. The molecule has 2 aliphatic heterocycles. The van der Waals surface area contributed by atoms with Crippen LogP contribution < -0.4 is 5.32 Å². The van der Waals surface area contributed by atoms with Crippen molar-refractivity contribution in [3.63, 3.8) is 0 Å². The Hall–Kier alpha value is -0.160. The van der Waals surface area contributed by atoms with Gasteiger partial charge in [0.25, 0.3) is 0 Å². The third-order valence-corrected chi connectivity index (χ3v) is 4.11. The lowest BCUT2D eigenvalue weighted by molar-refractivity contribution is 0.0319. The maximum atomic E-state index is 5.38. The molecule has 0 aromatic carbocycles. The molecule has 0 aromatic rings. The molecular formula is C14H29N3O. The van der Waals surface area contributed by atoms with Gasteiger partial charge in [0.15, 0.2) is 0 Å². The van der Waals surface area contributed by atoms with Gasteiger partial charge in [0.05, 0.1) is 13.2 Å². The lowest BCUT2D eigenvalue weighted by atomic mass is 10.0. The molecule has 0 aliphatic carbocycles. The molecule has 0 bridgehead atoms. The highest BCUT2D eigenvalue weighted by Crippen LogP contribution is 2.10. The molecule has 4 nitrogen and oxygen atoms in total. The summed E-state index contributed by atoms with van der Waals surface area (Å²) in [4.78, 5) is 5.16. The number of rotatable bonds is 6. The highest BCUT2D eigenvalue weighted by atomic mass is 16.5. The van der Waals surface area contributed by atoms with E-state index >= 15 is 0 Å². The monoisotopic (exact) mass is 255 g/mol. The van der Waals surface area contributed by atoms with Crippen molar-refractivity contribution >= 4 is 0 Å². The van der Waals surface area contributed by atoms with Gasteiger partial charge in [-0.2, -0.15) is 0 Å². The van der Waals surface area contributed by atoms with Gasteiger partial charge >= 0.3 is 0 Å². The third kappa shape index (κ3) is 4.84. The molecule has 0 unspecified atom stereocenters. The molecule has 106 valence electrons. The Balaban J connectivity index is 1.55. The van der Waals surface area contributed by atoms with Gasteiger partial charge in [0.1, 0.15) is 0 Å². The van der Waals surface area contributed by atoms with E-state index in [0.717, 1.165) is 32.3 Å². The zero-order valence-electron chi connectivity index (χ0n) is 11.9. The Morgan fingerprint density at radius 2 is 1.61 bits per heavy atom. The number of likely N-dealkylation sites (tertiary alicyclic amines) is 1. The number of nitrogens with one attached hydrogen (secondary N) is 1. The van der Waals surface area contributed by atoms with E-state index in [0.29, 0.717) is 0 Å². The van der Waals surface area contributed by atoms with E-state index in [-0.39, 0.29) is 0 Å². The normalized spacial score (nSPS) is 24.5. The molecule has 2 saturated heterocycles. The summed E-state index contributed by atoms with van der Waals surface area (Å²) in [6.45, 7) is 12.5. The molecule has 2 rings (SSSR count). The first-order chi connectivity index (χ1) is 8.88. The van der Waals surface area contributed by atoms with Crippen LogP contribution in [0.4, 0.5) is 0 Å². The highest BCUT2D eigenvalue weighted by molar-refractivity contribution is 4.77. The van der Waals surface area contributed by atoms with Crippen LogP contribution in [-0.2, 0) is 4.74 Å². The smallest absolute Gasteiger partial charge is 0.0594 e. The van der Waals surface area contributed by atoms with Crippen LogP contribution in [0.25, 0.3) is 0 Å². The van der Waals surface area contributed by atoms with E-state index in [1.807, 2.05) is 0 Å². The molecule has 2 heterocycles. The van der Waals surface area contributed by atoms with Gasteiger partial charge in [-0.1, -0.05) is 6.92 Å². The molecule has 2 fully saturated rings. The average Bonchev–Trinajstić information content (AvgIpc) is 2.45. The van der Waals surface area contributed by atoms with Crippen molar-refractivity contribution in [2.45, 2.75) is 32.2 Å². The highest BCUT2D eigenvalue weighted by Gasteiger charge is 2.19. The van der Waals surface area contributed by atoms with E-state index in [4.69, 9.17) is 4.74 Å². The fraction of sp³-hybridized carbons (Fsp3) is 1.00. The molecule has 0 aromatic heterocycles. The van der Waals surface area contributed by atoms with Crippen molar-refractivity contribution in [2.75, 3.05) is 59.0 Å². The lowest BCUT2D eigenvalue weighted by Gasteiger charge is -2.34. The number of hydrogen-bond acceptors (Lipinski definition) is 4. The van der Waals surface area contributed by atoms with Gasteiger partial charge in [-0.25, -0.2) is 0 Å². The first-order valence-electron chi connectivity index (χ1n) is 7.64. The van der Waals surface area contributed by atoms with E-state index in [1.165, 1.54) is 52.0 Å². The Morgan fingerprint density at radius 1 is 1.00 bits per heavy atom. The predicted molar refractivity (Wildman–Crippen MR) is 75.0 cm³/mol. The van der Waals surface area contributed by atoms with Gasteiger partial charge in [0, 0.05) is 32.2 Å². The summed E-state index contributed by atoms with van der Waals surface area (Å²) in [6, 6.07) is 0.768. The second-order valence-electron chi connectivity index (χ2n) is 5.52. The molecule has 0 radical (unpaired) electrons. The second kappa shape index (κ2) is 8.10. The molecule has 2 aliphatic rings. The first-order valence-corrected chi connectivity index (χ1v) is 7.64. The first kappa shape index (κ1) is 14.3. The maximum absolute atomic E-state index is 5.38. The number of ether oxygens (including phenoxy) is 1. The van der Waals surface area contributed by atoms with E-state index < -0.39 is 0 Å². The zero-order valence-corrected chi connectivity index (χ0v) is 11.9. The summed E-state index contributed by atoms with van der Waals surface area (Å²) < 4.78 is 5.38. The van der Waals surface area contributed by atoms with Crippen molar-refractivity contribution in [3.8, 4) is 0 Å². The average molecular weight is 255 g/mol. The molecule has 18 heavy (non-hydrogen) atoms. The molecule has 1 N–H and O–H groups in total. The molecule has 0 saturated carbocycles. The van der Waals surface area contributed by atoms with Gasteiger partial charge < -0.3 is 15.0 Å². The second-order valence-corrected chi connectivity index (χ2v) is 5.52. The zero-order chi connectivity index (χ0) is 12.6. The Morgan fingerprint density at radius 3 is 2.22 bits per heavy atom. The van der Waals surface area contributed by atoms with Gasteiger partial charge in [0.2, 0.25) is 0 Å². The lowest BCUT2D eigenvalue weighted by Crippen LogP contribution is -2.46. The molecule has 0 atom stereocenters. The summed E-state index contributed by atoms with van der Waals surface area (Å²) in [5.41, 5.74) is 0. The summed E-state index contributed by atoms with van der Waals surface area (Å²) in [5, 5.41) is 3.64. The van der Waals surface area contributed by atoms with Crippen LogP contribution in [0.1, 0.15) is 26.2 Å². The summed E-state index contributed by atoms with van der Waals surface area (Å²) >= 11 is 0. The third-order valence-electron chi connectivity index (χ3n) is 4.11. The minimum Gasteiger partial charge on any atom is -0.379 e. The number of nitrogens with zero attached hydrogens (tertiary/aromatic N) is 2. The molecule has 0 spiro atoms.